The van der Waals surface area contributed by atoms with Crippen LogP contribution in [-0.2, 0) is 0 Å². The Morgan fingerprint density at radius 1 is 1.57 bits per heavy atom. The van der Waals surface area contributed by atoms with Crippen molar-refractivity contribution in [2.24, 2.45) is 5.92 Å². The van der Waals surface area contributed by atoms with E-state index in [1.54, 1.807) is 0 Å². The first-order valence-corrected chi connectivity index (χ1v) is 4.90. The molecule has 0 unspecified atom stereocenters. The molecule has 2 heteroatoms. The second-order valence-electron chi connectivity index (χ2n) is 3.80. The Morgan fingerprint density at radius 2 is 2.21 bits per heavy atom. The molecule has 76 valence electrons. The number of imidazole rings is 1. The SMILES string of the molecule is C=C/C(=C(/C)n1cncc1C)C(C)C. The largest absolute Gasteiger partial charge is 0.307 e. The maximum atomic E-state index is 4.11. The number of aromatic nitrogens is 2. The lowest BCUT2D eigenvalue weighted by Crippen LogP contribution is -2.01. The molecule has 0 aromatic carbocycles. The van der Waals surface area contributed by atoms with Crippen LogP contribution in [0.25, 0.3) is 5.70 Å². The molecule has 0 radical (unpaired) electrons. The lowest BCUT2D eigenvalue weighted by Gasteiger charge is -2.13. The summed E-state index contributed by atoms with van der Waals surface area (Å²) in [6.07, 6.45) is 5.64. The molecule has 1 rings (SSSR count). The van der Waals surface area contributed by atoms with Gasteiger partial charge in [-0.15, -0.1) is 0 Å². The van der Waals surface area contributed by atoms with Crippen molar-refractivity contribution < 1.29 is 0 Å². The summed E-state index contributed by atoms with van der Waals surface area (Å²) in [6, 6.07) is 0. The van der Waals surface area contributed by atoms with Crippen molar-refractivity contribution in [1.82, 2.24) is 9.55 Å². The molecule has 14 heavy (non-hydrogen) atoms. The number of hydrogen-bond donors (Lipinski definition) is 0. The Balaban J connectivity index is 3.20. The van der Waals surface area contributed by atoms with Crippen molar-refractivity contribution in [3.05, 3.63) is 36.4 Å². The molecule has 0 aliphatic carbocycles. The summed E-state index contributed by atoms with van der Waals surface area (Å²) in [5, 5.41) is 0. The first-order chi connectivity index (χ1) is 6.57. The highest BCUT2D eigenvalue weighted by Crippen LogP contribution is 2.20. The van der Waals surface area contributed by atoms with Crippen LogP contribution in [0.4, 0.5) is 0 Å². The molecule has 0 spiro atoms. The van der Waals surface area contributed by atoms with Gasteiger partial charge in [-0.25, -0.2) is 4.98 Å². The Labute approximate surface area is 86.0 Å². The van der Waals surface area contributed by atoms with Gasteiger partial charge in [0.2, 0.25) is 0 Å². The summed E-state index contributed by atoms with van der Waals surface area (Å²) in [5.41, 5.74) is 3.64. The molecule has 1 aromatic heterocycles. The Hall–Kier alpha value is -1.31. The summed E-state index contributed by atoms with van der Waals surface area (Å²) in [4.78, 5) is 4.11. The topological polar surface area (TPSA) is 17.8 Å². The number of aryl methyl sites for hydroxylation is 1. The van der Waals surface area contributed by atoms with Gasteiger partial charge in [-0.3, -0.25) is 0 Å². The molecule has 0 saturated carbocycles. The van der Waals surface area contributed by atoms with E-state index in [9.17, 15) is 0 Å². The summed E-state index contributed by atoms with van der Waals surface area (Å²) in [6.45, 7) is 12.4. The number of nitrogens with zero attached hydrogens (tertiary/aromatic N) is 2. The van der Waals surface area contributed by atoms with Crippen LogP contribution in [0.5, 0.6) is 0 Å². The highest BCUT2D eigenvalue weighted by molar-refractivity contribution is 5.53. The molecule has 0 bridgehead atoms. The summed E-state index contributed by atoms with van der Waals surface area (Å²) < 4.78 is 2.09. The van der Waals surface area contributed by atoms with E-state index in [1.165, 1.54) is 11.3 Å². The van der Waals surface area contributed by atoms with Crippen LogP contribution in [0.15, 0.2) is 30.8 Å². The molecular formula is C12H18N2. The van der Waals surface area contributed by atoms with Crippen LogP contribution in [0.1, 0.15) is 26.5 Å². The monoisotopic (exact) mass is 190 g/mol. The molecule has 0 aliphatic rings. The average molecular weight is 190 g/mol. The van der Waals surface area contributed by atoms with Crippen LogP contribution in [-0.4, -0.2) is 9.55 Å². The molecule has 0 amide bonds. The van der Waals surface area contributed by atoms with Crippen molar-refractivity contribution in [3.63, 3.8) is 0 Å². The van der Waals surface area contributed by atoms with E-state index in [0.717, 1.165) is 5.69 Å². The zero-order chi connectivity index (χ0) is 10.7. The third-order valence-corrected chi connectivity index (χ3v) is 2.44. The van der Waals surface area contributed by atoms with E-state index < -0.39 is 0 Å². The predicted octanol–water partition coefficient (Wildman–Crippen LogP) is 3.26. The van der Waals surface area contributed by atoms with Gasteiger partial charge in [0.1, 0.15) is 0 Å². The minimum atomic E-state index is 0.495. The van der Waals surface area contributed by atoms with E-state index in [4.69, 9.17) is 0 Å². The van der Waals surface area contributed by atoms with Crippen molar-refractivity contribution in [1.29, 1.82) is 0 Å². The van der Waals surface area contributed by atoms with E-state index >= 15 is 0 Å². The van der Waals surface area contributed by atoms with Gasteiger partial charge in [-0.1, -0.05) is 26.5 Å². The van der Waals surface area contributed by atoms with Gasteiger partial charge >= 0.3 is 0 Å². The fourth-order valence-electron chi connectivity index (χ4n) is 1.65. The quantitative estimate of drug-likeness (QED) is 0.669. The molecule has 1 aromatic rings. The van der Waals surface area contributed by atoms with Crippen LogP contribution < -0.4 is 0 Å². The summed E-state index contributed by atoms with van der Waals surface area (Å²) in [5.74, 6) is 0.495. The molecule has 0 saturated heterocycles. The lowest BCUT2D eigenvalue weighted by atomic mass is 10.0. The normalized spacial score (nSPS) is 12.9. The van der Waals surface area contributed by atoms with Crippen LogP contribution >= 0.6 is 0 Å². The molecule has 0 atom stereocenters. The minimum absolute atomic E-state index is 0.495. The standard InChI is InChI=1S/C12H18N2/c1-6-12(9(2)3)11(5)14-8-13-7-10(14)4/h6-9H,1H2,2-5H3/b12-11+. The predicted molar refractivity (Wildman–Crippen MR) is 60.9 cm³/mol. The zero-order valence-electron chi connectivity index (χ0n) is 9.41. The summed E-state index contributed by atoms with van der Waals surface area (Å²) in [7, 11) is 0. The summed E-state index contributed by atoms with van der Waals surface area (Å²) >= 11 is 0. The second kappa shape index (κ2) is 4.27. The molecule has 2 nitrogen and oxygen atoms in total. The van der Waals surface area contributed by atoms with Crippen molar-refractivity contribution >= 4 is 5.70 Å². The smallest absolute Gasteiger partial charge is 0.0991 e. The van der Waals surface area contributed by atoms with Crippen molar-refractivity contribution in [3.8, 4) is 0 Å². The van der Waals surface area contributed by atoms with E-state index in [0.29, 0.717) is 5.92 Å². The molecular weight excluding hydrogens is 172 g/mol. The van der Waals surface area contributed by atoms with Gasteiger partial charge in [-0.05, 0) is 25.3 Å². The van der Waals surface area contributed by atoms with Gasteiger partial charge in [0.05, 0.1) is 6.33 Å². The highest BCUT2D eigenvalue weighted by Gasteiger charge is 2.06. The fourth-order valence-corrected chi connectivity index (χ4v) is 1.65. The van der Waals surface area contributed by atoms with Crippen molar-refractivity contribution in [2.45, 2.75) is 27.7 Å². The van der Waals surface area contributed by atoms with Gasteiger partial charge in [-0.2, -0.15) is 0 Å². The van der Waals surface area contributed by atoms with Crippen LogP contribution in [0.2, 0.25) is 0 Å². The maximum Gasteiger partial charge on any atom is 0.0991 e. The Bertz CT molecular complexity index is 356. The second-order valence-corrected chi connectivity index (χ2v) is 3.80. The average Bonchev–Trinajstić information content (AvgIpc) is 2.51. The number of hydrogen-bond acceptors (Lipinski definition) is 1. The lowest BCUT2D eigenvalue weighted by molar-refractivity contribution is 0.782. The van der Waals surface area contributed by atoms with E-state index in [-0.39, 0.29) is 0 Å². The first kappa shape index (κ1) is 10.8. The van der Waals surface area contributed by atoms with Gasteiger partial charge in [0, 0.05) is 17.6 Å². The molecule has 0 N–H and O–H groups in total. The van der Waals surface area contributed by atoms with E-state index in [2.05, 4.69) is 43.8 Å². The molecule has 0 aliphatic heterocycles. The third-order valence-electron chi connectivity index (χ3n) is 2.44. The molecule has 0 fully saturated rings. The van der Waals surface area contributed by atoms with E-state index in [1.807, 2.05) is 18.6 Å². The first-order valence-electron chi connectivity index (χ1n) is 4.90. The zero-order valence-corrected chi connectivity index (χ0v) is 9.41. The third kappa shape index (κ3) is 1.95. The number of rotatable bonds is 3. The van der Waals surface area contributed by atoms with Crippen LogP contribution in [0.3, 0.4) is 0 Å². The van der Waals surface area contributed by atoms with Gasteiger partial charge < -0.3 is 4.57 Å². The molecule has 1 heterocycles. The minimum Gasteiger partial charge on any atom is -0.307 e. The maximum absolute atomic E-state index is 4.11. The fraction of sp³-hybridized carbons (Fsp3) is 0.417. The van der Waals surface area contributed by atoms with Crippen molar-refractivity contribution in [2.75, 3.05) is 0 Å². The Kier molecular flexibility index (Phi) is 3.28. The Morgan fingerprint density at radius 3 is 2.57 bits per heavy atom. The van der Waals surface area contributed by atoms with Crippen LogP contribution in [0, 0.1) is 12.8 Å². The van der Waals surface area contributed by atoms with Gasteiger partial charge in [0.15, 0.2) is 0 Å². The van der Waals surface area contributed by atoms with Gasteiger partial charge in [0.25, 0.3) is 0 Å². The number of allylic oxidation sites excluding steroid dienone is 3. The highest BCUT2D eigenvalue weighted by atomic mass is 15.0.